The van der Waals surface area contributed by atoms with Crippen LogP contribution in [-0.2, 0) is 4.79 Å². The van der Waals surface area contributed by atoms with Crippen LogP contribution in [0.2, 0.25) is 0 Å². The van der Waals surface area contributed by atoms with Crippen molar-refractivity contribution in [1.82, 2.24) is 9.88 Å². The predicted octanol–water partition coefficient (Wildman–Crippen LogP) is 4.06. The number of thioether (sulfide) groups is 1. The lowest BCUT2D eigenvalue weighted by molar-refractivity contribution is -0.121. The van der Waals surface area contributed by atoms with E-state index >= 15 is 0 Å². The lowest BCUT2D eigenvalue weighted by Crippen LogP contribution is -2.30. The molecule has 25 heavy (non-hydrogen) atoms. The number of carbonyl (C=O) groups is 1. The van der Waals surface area contributed by atoms with Gasteiger partial charge in [0.15, 0.2) is 0 Å². The van der Waals surface area contributed by atoms with E-state index in [1.807, 2.05) is 24.3 Å². The molecule has 0 unspecified atom stereocenters. The van der Waals surface area contributed by atoms with E-state index in [-0.39, 0.29) is 5.91 Å². The number of anilines is 1. The molecule has 0 spiro atoms. The Bertz CT molecular complexity index is 887. The smallest absolute Gasteiger partial charge is 0.265 e. The van der Waals surface area contributed by atoms with Crippen LogP contribution >= 0.6 is 24.0 Å². The minimum atomic E-state index is -0.0345. The number of rotatable bonds is 2. The number of nitrogens with zero attached hydrogens (tertiary/aromatic N) is 3. The average molecular weight is 370 g/mol. The summed E-state index contributed by atoms with van der Waals surface area (Å²) in [6.07, 6.45) is 5.59. The van der Waals surface area contributed by atoms with Gasteiger partial charge in [-0.1, -0.05) is 42.2 Å². The second kappa shape index (κ2) is 6.77. The topological polar surface area (TPSA) is 36.4 Å². The third-order valence-electron chi connectivity index (χ3n) is 4.66. The Hall–Kier alpha value is -1.92. The molecule has 3 heterocycles. The van der Waals surface area contributed by atoms with Crippen molar-refractivity contribution >= 4 is 57.0 Å². The maximum atomic E-state index is 12.4. The molecule has 6 heteroatoms. The summed E-state index contributed by atoms with van der Waals surface area (Å²) < 4.78 is 0.601. The van der Waals surface area contributed by atoms with E-state index in [1.165, 1.54) is 35.9 Å². The van der Waals surface area contributed by atoms with Crippen LogP contribution in [0.25, 0.3) is 17.0 Å². The van der Waals surface area contributed by atoms with Crippen molar-refractivity contribution in [2.45, 2.75) is 19.3 Å². The Balaban J connectivity index is 1.83. The number of aromatic nitrogens is 1. The van der Waals surface area contributed by atoms with Gasteiger partial charge < -0.3 is 4.90 Å². The molecule has 1 amide bonds. The van der Waals surface area contributed by atoms with Crippen molar-refractivity contribution in [1.29, 1.82) is 0 Å². The highest BCUT2D eigenvalue weighted by Crippen LogP contribution is 2.34. The maximum absolute atomic E-state index is 12.4. The van der Waals surface area contributed by atoms with Gasteiger partial charge in [0.1, 0.15) is 10.1 Å². The van der Waals surface area contributed by atoms with E-state index in [9.17, 15) is 4.79 Å². The number of amides is 1. The Morgan fingerprint density at radius 2 is 1.96 bits per heavy atom. The SMILES string of the molecule is CN1C(=O)C(=Cc2cc3ccccc3nc2N2CCCCC2)SC1=S. The zero-order chi connectivity index (χ0) is 17.4. The summed E-state index contributed by atoms with van der Waals surface area (Å²) in [6, 6.07) is 10.3. The van der Waals surface area contributed by atoms with Crippen molar-refractivity contribution in [2.75, 3.05) is 25.0 Å². The highest BCUT2D eigenvalue weighted by molar-refractivity contribution is 8.26. The number of carbonyl (C=O) groups excluding carboxylic acids is 1. The van der Waals surface area contributed by atoms with Crippen LogP contribution in [-0.4, -0.2) is 40.2 Å². The number of fused-ring (bicyclic) bond motifs is 1. The maximum Gasteiger partial charge on any atom is 0.265 e. The third kappa shape index (κ3) is 3.16. The van der Waals surface area contributed by atoms with Crippen LogP contribution in [0.5, 0.6) is 0 Å². The minimum absolute atomic E-state index is 0.0345. The fourth-order valence-electron chi connectivity index (χ4n) is 3.27. The molecule has 1 aromatic heterocycles. The number of likely N-dealkylation sites (N-methyl/N-ethyl adjacent to an activating group) is 1. The monoisotopic (exact) mass is 369 g/mol. The molecule has 0 saturated carbocycles. The Morgan fingerprint density at radius 1 is 1.20 bits per heavy atom. The number of hydrogen-bond donors (Lipinski definition) is 0. The molecule has 0 radical (unpaired) electrons. The summed E-state index contributed by atoms with van der Waals surface area (Å²) in [4.78, 5) is 21.8. The van der Waals surface area contributed by atoms with Gasteiger partial charge in [0.2, 0.25) is 0 Å². The lowest BCUT2D eigenvalue weighted by atomic mass is 10.1. The fourth-order valence-corrected chi connectivity index (χ4v) is 4.44. The Kier molecular flexibility index (Phi) is 4.48. The lowest BCUT2D eigenvalue weighted by Gasteiger charge is -2.29. The standard InChI is InChI=1S/C19H19N3OS2/c1-21-18(23)16(25-19(21)24)12-14-11-13-7-3-4-8-15(13)20-17(14)22-9-5-2-6-10-22/h3-4,7-8,11-12H,2,5-6,9-10H2,1H3. The van der Waals surface area contributed by atoms with E-state index in [2.05, 4.69) is 17.0 Å². The van der Waals surface area contributed by atoms with Crippen molar-refractivity contribution in [2.24, 2.45) is 0 Å². The average Bonchev–Trinajstić information content (AvgIpc) is 2.89. The van der Waals surface area contributed by atoms with Gasteiger partial charge in [-0.05, 0) is 37.5 Å². The molecule has 0 atom stereocenters. The zero-order valence-electron chi connectivity index (χ0n) is 14.1. The molecule has 128 valence electrons. The van der Waals surface area contributed by atoms with E-state index in [0.717, 1.165) is 35.4 Å². The van der Waals surface area contributed by atoms with Crippen molar-refractivity contribution in [3.63, 3.8) is 0 Å². The quantitative estimate of drug-likeness (QED) is 0.589. The molecule has 1 aromatic carbocycles. The summed E-state index contributed by atoms with van der Waals surface area (Å²) >= 11 is 6.61. The molecule has 4 nitrogen and oxygen atoms in total. The van der Waals surface area contributed by atoms with Gasteiger partial charge in [0, 0.05) is 31.1 Å². The molecule has 2 aromatic rings. The summed E-state index contributed by atoms with van der Waals surface area (Å²) in [5.41, 5.74) is 1.98. The molecule has 2 aliphatic rings. The van der Waals surface area contributed by atoms with E-state index in [0.29, 0.717) is 9.23 Å². The summed E-state index contributed by atoms with van der Waals surface area (Å²) in [5, 5.41) is 1.08. The largest absolute Gasteiger partial charge is 0.356 e. The molecule has 0 N–H and O–H groups in total. The van der Waals surface area contributed by atoms with Crippen LogP contribution in [0, 0.1) is 0 Å². The first-order valence-corrected chi connectivity index (χ1v) is 9.72. The fraction of sp³-hybridized carbons (Fsp3) is 0.316. The first-order valence-electron chi connectivity index (χ1n) is 8.50. The van der Waals surface area contributed by atoms with E-state index in [1.54, 1.807) is 7.05 Å². The van der Waals surface area contributed by atoms with Crippen molar-refractivity contribution < 1.29 is 4.79 Å². The molecular formula is C19H19N3OS2. The first-order chi connectivity index (χ1) is 12.1. The van der Waals surface area contributed by atoms with Crippen molar-refractivity contribution in [3.8, 4) is 0 Å². The van der Waals surface area contributed by atoms with Crippen LogP contribution in [0.3, 0.4) is 0 Å². The summed E-state index contributed by atoms with van der Waals surface area (Å²) in [7, 11) is 1.72. The van der Waals surface area contributed by atoms with Gasteiger partial charge in [0.25, 0.3) is 5.91 Å². The van der Waals surface area contributed by atoms with Crippen LogP contribution in [0.1, 0.15) is 24.8 Å². The summed E-state index contributed by atoms with van der Waals surface area (Å²) in [6.45, 7) is 2.03. The van der Waals surface area contributed by atoms with Gasteiger partial charge >= 0.3 is 0 Å². The number of piperidine rings is 1. The number of benzene rings is 1. The molecule has 2 aliphatic heterocycles. The molecule has 4 rings (SSSR count). The minimum Gasteiger partial charge on any atom is -0.356 e. The number of hydrogen-bond acceptors (Lipinski definition) is 5. The van der Waals surface area contributed by atoms with Crippen LogP contribution < -0.4 is 4.90 Å². The molecular weight excluding hydrogens is 350 g/mol. The molecule has 0 aliphatic carbocycles. The number of pyridine rings is 1. The van der Waals surface area contributed by atoms with E-state index < -0.39 is 0 Å². The number of para-hydroxylation sites is 1. The van der Waals surface area contributed by atoms with Crippen molar-refractivity contribution in [3.05, 3.63) is 40.8 Å². The van der Waals surface area contributed by atoms with Gasteiger partial charge in [0.05, 0.1) is 10.4 Å². The van der Waals surface area contributed by atoms with Gasteiger partial charge in [-0.2, -0.15) is 0 Å². The molecule has 2 saturated heterocycles. The molecule has 0 bridgehead atoms. The second-order valence-corrected chi connectivity index (χ2v) is 8.06. The number of thiocarbonyl (C=S) groups is 1. The highest BCUT2D eigenvalue weighted by atomic mass is 32.2. The third-order valence-corrected chi connectivity index (χ3v) is 6.15. The normalized spacial score (nSPS) is 20.1. The van der Waals surface area contributed by atoms with Gasteiger partial charge in [-0.25, -0.2) is 4.98 Å². The van der Waals surface area contributed by atoms with E-state index in [4.69, 9.17) is 17.2 Å². The first kappa shape index (κ1) is 16.5. The Labute approximate surface area is 156 Å². The Morgan fingerprint density at radius 3 is 2.68 bits per heavy atom. The van der Waals surface area contributed by atoms with Crippen LogP contribution in [0.15, 0.2) is 35.2 Å². The predicted molar refractivity (Wildman–Crippen MR) is 109 cm³/mol. The molecule has 2 fully saturated rings. The van der Waals surface area contributed by atoms with Gasteiger partial charge in [-0.15, -0.1) is 0 Å². The zero-order valence-corrected chi connectivity index (χ0v) is 15.7. The highest BCUT2D eigenvalue weighted by Gasteiger charge is 2.29. The van der Waals surface area contributed by atoms with Gasteiger partial charge in [-0.3, -0.25) is 9.69 Å². The second-order valence-electron chi connectivity index (χ2n) is 6.38. The van der Waals surface area contributed by atoms with Crippen LogP contribution in [0.4, 0.5) is 5.82 Å². The summed E-state index contributed by atoms with van der Waals surface area (Å²) in [5.74, 6) is 0.938.